The monoisotopic (exact) mass is 507 g/mol. The molecule has 1 amide bonds. The molecule has 4 aromatic rings. The number of benzene rings is 4. The standard InChI is InChI=1S/C30H25N3O5/c1-21-9-8-14-25(17-21)31-20-28(34)33-32-19-22-15-16-26(37-29(35)23-10-4-2-5-11-23)27(18-22)38-30(36)24-12-6-3-7-13-24/h2-19,31H,20H2,1H3,(H,33,34). The third kappa shape index (κ3) is 7.38. The van der Waals surface area contributed by atoms with Crippen molar-refractivity contribution in [2.45, 2.75) is 6.92 Å². The van der Waals surface area contributed by atoms with E-state index in [0.29, 0.717) is 16.7 Å². The second-order valence-corrected chi connectivity index (χ2v) is 8.23. The van der Waals surface area contributed by atoms with Gasteiger partial charge in [-0.1, -0.05) is 48.5 Å². The first kappa shape index (κ1) is 25.8. The van der Waals surface area contributed by atoms with Gasteiger partial charge in [-0.15, -0.1) is 0 Å². The predicted molar refractivity (Wildman–Crippen MR) is 145 cm³/mol. The molecular weight excluding hydrogens is 482 g/mol. The van der Waals surface area contributed by atoms with Crippen molar-refractivity contribution in [3.8, 4) is 11.5 Å². The average molecular weight is 508 g/mol. The van der Waals surface area contributed by atoms with E-state index in [2.05, 4.69) is 15.8 Å². The van der Waals surface area contributed by atoms with Crippen LogP contribution in [0.2, 0.25) is 0 Å². The second-order valence-electron chi connectivity index (χ2n) is 8.23. The maximum absolute atomic E-state index is 12.7. The number of hydrogen-bond donors (Lipinski definition) is 2. The SMILES string of the molecule is Cc1cccc(NCC(=O)NN=Cc2ccc(OC(=O)c3ccccc3)c(OC(=O)c3ccccc3)c2)c1. The normalized spacial score (nSPS) is 10.6. The maximum atomic E-state index is 12.7. The Hall–Kier alpha value is -5.24. The van der Waals surface area contributed by atoms with Crippen LogP contribution < -0.4 is 20.2 Å². The summed E-state index contributed by atoms with van der Waals surface area (Å²) >= 11 is 0. The zero-order valence-electron chi connectivity index (χ0n) is 20.6. The van der Waals surface area contributed by atoms with Gasteiger partial charge in [0.25, 0.3) is 5.91 Å². The first-order valence-electron chi connectivity index (χ1n) is 11.8. The molecule has 38 heavy (non-hydrogen) atoms. The number of nitrogens with zero attached hydrogens (tertiary/aromatic N) is 1. The fourth-order valence-corrected chi connectivity index (χ4v) is 3.39. The number of esters is 2. The molecule has 4 aromatic carbocycles. The lowest BCUT2D eigenvalue weighted by molar-refractivity contribution is -0.119. The summed E-state index contributed by atoms with van der Waals surface area (Å²) in [6.07, 6.45) is 1.40. The van der Waals surface area contributed by atoms with Crippen LogP contribution in [-0.4, -0.2) is 30.6 Å². The molecule has 0 atom stereocenters. The molecule has 4 rings (SSSR count). The molecule has 0 fully saturated rings. The summed E-state index contributed by atoms with van der Waals surface area (Å²) < 4.78 is 11.1. The molecular formula is C30H25N3O5. The number of amides is 1. The van der Waals surface area contributed by atoms with E-state index in [0.717, 1.165) is 11.3 Å². The average Bonchev–Trinajstić information content (AvgIpc) is 2.94. The lowest BCUT2D eigenvalue weighted by Crippen LogP contribution is -2.25. The van der Waals surface area contributed by atoms with Crippen molar-refractivity contribution in [2.24, 2.45) is 5.10 Å². The summed E-state index contributed by atoms with van der Waals surface area (Å²) in [7, 11) is 0. The van der Waals surface area contributed by atoms with Gasteiger partial charge in [-0.3, -0.25) is 4.79 Å². The van der Waals surface area contributed by atoms with Gasteiger partial charge in [0.05, 0.1) is 23.9 Å². The Morgan fingerprint density at radius 2 is 1.37 bits per heavy atom. The van der Waals surface area contributed by atoms with Crippen LogP contribution in [0, 0.1) is 6.92 Å². The van der Waals surface area contributed by atoms with E-state index >= 15 is 0 Å². The van der Waals surface area contributed by atoms with Crippen molar-refractivity contribution < 1.29 is 23.9 Å². The molecule has 8 heteroatoms. The van der Waals surface area contributed by atoms with Gasteiger partial charge in [0.2, 0.25) is 0 Å². The molecule has 0 unspecified atom stereocenters. The van der Waals surface area contributed by atoms with E-state index in [4.69, 9.17) is 9.47 Å². The molecule has 0 radical (unpaired) electrons. The van der Waals surface area contributed by atoms with E-state index in [9.17, 15) is 14.4 Å². The summed E-state index contributed by atoms with van der Waals surface area (Å²) in [5, 5.41) is 7.00. The molecule has 8 nitrogen and oxygen atoms in total. The van der Waals surface area contributed by atoms with Gasteiger partial charge >= 0.3 is 11.9 Å². The number of anilines is 1. The van der Waals surface area contributed by atoms with Crippen molar-refractivity contribution in [3.05, 3.63) is 125 Å². The number of nitrogens with one attached hydrogen (secondary N) is 2. The third-order valence-corrected chi connectivity index (χ3v) is 5.27. The van der Waals surface area contributed by atoms with Crippen molar-refractivity contribution in [1.29, 1.82) is 0 Å². The highest BCUT2D eigenvalue weighted by Crippen LogP contribution is 2.30. The van der Waals surface area contributed by atoms with E-state index in [1.54, 1.807) is 66.7 Å². The van der Waals surface area contributed by atoms with Crippen LogP contribution in [0.15, 0.2) is 108 Å². The smallest absolute Gasteiger partial charge is 0.343 e. The summed E-state index contributed by atoms with van der Waals surface area (Å²) in [5.41, 5.74) is 5.54. The molecule has 0 aromatic heterocycles. The Bertz CT molecular complexity index is 1450. The van der Waals surface area contributed by atoms with Crippen molar-refractivity contribution in [1.82, 2.24) is 5.43 Å². The van der Waals surface area contributed by atoms with Crippen LogP contribution in [-0.2, 0) is 4.79 Å². The molecule has 0 heterocycles. The lowest BCUT2D eigenvalue weighted by atomic mass is 10.2. The predicted octanol–water partition coefficient (Wildman–Crippen LogP) is 5.00. The third-order valence-electron chi connectivity index (χ3n) is 5.27. The second kappa shape index (κ2) is 12.6. The van der Waals surface area contributed by atoms with Crippen molar-refractivity contribution in [3.63, 3.8) is 0 Å². The van der Waals surface area contributed by atoms with Gasteiger partial charge < -0.3 is 14.8 Å². The van der Waals surface area contributed by atoms with Crippen LogP contribution in [0.1, 0.15) is 31.8 Å². The summed E-state index contributed by atoms with van der Waals surface area (Å²) in [4.78, 5) is 37.4. The molecule has 0 spiro atoms. The number of aryl methyl sites for hydroxylation is 1. The van der Waals surface area contributed by atoms with Gasteiger partial charge in [-0.05, 0) is 72.6 Å². The quantitative estimate of drug-likeness (QED) is 0.143. The molecule has 0 aliphatic heterocycles. The Balaban J connectivity index is 1.46. The lowest BCUT2D eigenvalue weighted by Gasteiger charge is -2.11. The summed E-state index contributed by atoms with van der Waals surface area (Å²) in [6.45, 7) is 2.00. The van der Waals surface area contributed by atoms with E-state index in [1.807, 2.05) is 31.2 Å². The van der Waals surface area contributed by atoms with Gasteiger partial charge in [0, 0.05) is 5.69 Å². The Morgan fingerprint density at radius 3 is 2.00 bits per heavy atom. The Morgan fingerprint density at radius 1 is 0.737 bits per heavy atom. The Kier molecular flexibility index (Phi) is 8.60. The molecule has 2 N–H and O–H groups in total. The highest BCUT2D eigenvalue weighted by atomic mass is 16.6. The summed E-state index contributed by atoms with van der Waals surface area (Å²) in [6, 6.07) is 29.2. The fourth-order valence-electron chi connectivity index (χ4n) is 3.39. The number of carbonyl (C=O) groups excluding carboxylic acids is 3. The Labute approximate surface area is 219 Å². The maximum Gasteiger partial charge on any atom is 0.343 e. The molecule has 0 aliphatic rings. The van der Waals surface area contributed by atoms with Crippen LogP contribution in [0.25, 0.3) is 0 Å². The number of rotatable bonds is 9. The van der Waals surface area contributed by atoms with Crippen LogP contribution in [0.3, 0.4) is 0 Å². The number of carbonyl (C=O) groups is 3. The minimum atomic E-state index is -0.618. The van der Waals surface area contributed by atoms with Gasteiger partial charge in [0.1, 0.15) is 0 Å². The highest BCUT2D eigenvalue weighted by molar-refractivity contribution is 5.94. The highest BCUT2D eigenvalue weighted by Gasteiger charge is 2.17. The topological polar surface area (TPSA) is 106 Å². The van der Waals surface area contributed by atoms with Crippen LogP contribution >= 0.6 is 0 Å². The first-order chi connectivity index (χ1) is 18.5. The van der Waals surface area contributed by atoms with Crippen molar-refractivity contribution >= 4 is 29.7 Å². The number of hydrazone groups is 1. The van der Waals surface area contributed by atoms with Crippen molar-refractivity contribution in [2.75, 3.05) is 11.9 Å². The minimum absolute atomic E-state index is 0.0273. The molecule has 0 saturated heterocycles. The first-order valence-corrected chi connectivity index (χ1v) is 11.8. The number of hydrogen-bond acceptors (Lipinski definition) is 7. The van der Waals surface area contributed by atoms with E-state index < -0.39 is 11.9 Å². The summed E-state index contributed by atoms with van der Waals surface area (Å²) in [5.74, 6) is -1.47. The molecule has 0 saturated carbocycles. The van der Waals surface area contributed by atoms with Crippen LogP contribution in [0.4, 0.5) is 5.69 Å². The van der Waals surface area contributed by atoms with E-state index in [-0.39, 0.29) is 24.0 Å². The van der Waals surface area contributed by atoms with Gasteiger partial charge in [-0.25, -0.2) is 15.0 Å². The fraction of sp³-hybridized carbons (Fsp3) is 0.0667. The zero-order valence-corrected chi connectivity index (χ0v) is 20.6. The molecule has 0 aliphatic carbocycles. The minimum Gasteiger partial charge on any atom is -0.419 e. The van der Waals surface area contributed by atoms with Gasteiger partial charge in [0.15, 0.2) is 11.5 Å². The van der Waals surface area contributed by atoms with E-state index in [1.165, 1.54) is 18.3 Å². The zero-order chi connectivity index (χ0) is 26.7. The number of ether oxygens (including phenoxy) is 2. The largest absolute Gasteiger partial charge is 0.419 e. The molecule has 0 bridgehead atoms. The molecule has 190 valence electrons. The van der Waals surface area contributed by atoms with Gasteiger partial charge in [-0.2, -0.15) is 5.10 Å². The van der Waals surface area contributed by atoms with Crippen LogP contribution in [0.5, 0.6) is 11.5 Å².